The van der Waals surface area contributed by atoms with Gasteiger partial charge in [0.1, 0.15) is 35.0 Å². The third-order valence-electron chi connectivity index (χ3n) is 5.70. The maximum absolute atomic E-state index is 13.4. The first kappa shape index (κ1) is 23.6. The summed E-state index contributed by atoms with van der Waals surface area (Å²) in [4.78, 5) is 24.1. The molecule has 1 saturated heterocycles. The minimum absolute atomic E-state index is 0.0998. The number of Topliss-reactive ketones (excluding diaryl/α,β-unsaturated/α-hetero) is 1. The van der Waals surface area contributed by atoms with Gasteiger partial charge in [0.25, 0.3) is 6.47 Å². The number of aliphatic hydroxyl groups excluding tert-OH is 2. The van der Waals surface area contributed by atoms with Crippen LogP contribution in [-0.2, 0) is 19.0 Å². The lowest BCUT2D eigenvalue weighted by Gasteiger charge is -2.42. The lowest BCUT2D eigenvalue weighted by molar-refractivity contribution is -0.305. The number of rotatable bonds is 5. The second-order valence-electron chi connectivity index (χ2n) is 7.93. The maximum atomic E-state index is 13.4. The highest BCUT2D eigenvalue weighted by molar-refractivity contribution is 6.05. The van der Waals surface area contributed by atoms with E-state index in [1.807, 2.05) is 0 Å². The number of benzene rings is 2. The monoisotopic (exact) mass is 478 g/mol. The van der Waals surface area contributed by atoms with Gasteiger partial charge in [-0.3, -0.25) is 9.59 Å². The van der Waals surface area contributed by atoms with Gasteiger partial charge in [0.15, 0.2) is 36.1 Å². The van der Waals surface area contributed by atoms with Gasteiger partial charge >= 0.3 is 0 Å². The van der Waals surface area contributed by atoms with Crippen LogP contribution in [0.15, 0.2) is 30.3 Å². The predicted molar refractivity (Wildman–Crippen MR) is 109 cm³/mol. The largest absolute Gasteiger partial charge is 0.508 e. The minimum Gasteiger partial charge on any atom is -0.508 e. The first-order valence-corrected chi connectivity index (χ1v) is 10.2. The predicted octanol–water partition coefficient (Wildman–Crippen LogP) is 0.219. The topological polar surface area (TPSA) is 192 Å². The van der Waals surface area contributed by atoms with Crippen LogP contribution in [-0.4, -0.2) is 79.7 Å². The second-order valence-corrected chi connectivity index (χ2v) is 7.93. The highest BCUT2D eigenvalue weighted by Gasteiger charge is 2.49. The zero-order valence-electron chi connectivity index (χ0n) is 17.6. The molecule has 2 aliphatic heterocycles. The fourth-order valence-corrected chi connectivity index (χ4v) is 4.01. The minimum atomic E-state index is -1.74. The molecule has 4 rings (SSSR count). The van der Waals surface area contributed by atoms with E-state index in [4.69, 9.17) is 18.9 Å². The van der Waals surface area contributed by atoms with Gasteiger partial charge in [-0.15, -0.1) is 0 Å². The third kappa shape index (κ3) is 4.07. The van der Waals surface area contributed by atoms with Crippen LogP contribution in [0.5, 0.6) is 28.7 Å². The van der Waals surface area contributed by atoms with Gasteiger partial charge in [-0.2, -0.15) is 0 Å². The van der Waals surface area contributed by atoms with Gasteiger partial charge in [-0.1, -0.05) is 6.07 Å². The van der Waals surface area contributed by atoms with E-state index in [9.17, 15) is 40.2 Å². The summed E-state index contributed by atoms with van der Waals surface area (Å²) in [6.07, 6.45) is -9.91. The van der Waals surface area contributed by atoms with E-state index in [1.165, 1.54) is 13.0 Å². The van der Waals surface area contributed by atoms with Crippen molar-refractivity contribution in [2.75, 3.05) is 0 Å². The number of ether oxygens (including phenoxy) is 4. The molecule has 0 spiro atoms. The first-order valence-electron chi connectivity index (χ1n) is 10.2. The Kier molecular flexibility index (Phi) is 6.23. The van der Waals surface area contributed by atoms with Crippen LogP contribution in [0.25, 0.3) is 0 Å². The molecule has 182 valence electrons. The Morgan fingerprint density at radius 3 is 2.38 bits per heavy atom. The van der Waals surface area contributed by atoms with Crippen LogP contribution in [0.2, 0.25) is 0 Å². The van der Waals surface area contributed by atoms with E-state index in [1.54, 1.807) is 0 Å². The molecule has 1 fully saturated rings. The number of hydrogen-bond acceptors (Lipinski definition) is 12. The van der Waals surface area contributed by atoms with Crippen LogP contribution in [0.3, 0.4) is 0 Å². The van der Waals surface area contributed by atoms with E-state index in [0.29, 0.717) is 0 Å². The smallest absolute Gasteiger partial charge is 0.293 e. The number of fused-ring (bicyclic) bond motifs is 1. The van der Waals surface area contributed by atoms with Crippen molar-refractivity contribution in [3.05, 3.63) is 41.5 Å². The van der Waals surface area contributed by atoms with Crippen LogP contribution in [0, 0.1) is 0 Å². The van der Waals surface area contributed by atoms with Gasteiger partial charge in [0.2, 0.25) is 5.78 Å². The maximum Gasteiger partial charge on any atom is 0.293 e. The van der Waals surface area contributed by atoms with Gasteiger partial charge < -0.3 is 49.6 Å². The molecule has 7 atom stereocenters. The molecule has 0 amide bonds. The summed E-state index contributed by atoms with van der Waals surface area (Å²) in [5.41, 5.74) is -0.133. The summed E-state index contributed by atoms with van der Waals surface area (Å²) >= 11 is 0. The molecule has 0 aromatic heterocycles. The Bertz CT molecular complexity index is 1100. The molecule has 0 aliphatic carbocycles. The number of carbonyl (C=O) groups excluding carboxylic acids is 2. The molecule has 0 saturated carbocycles. The van der Waals surface area contributed by atoms with E-state index in [2.05, 4.69) is 0 Å². The Morgan fingerprint density at radius 1 is 0.971 bits per heavy atom. The van der Waals surface area contributed by atoms with E-state index < -0.39 is 65.9 Å². The molecular weight excluding hydrogens is 456 g/mol. The zero-order valence-corrected chi connectivity index (χ0v) is 17.6. The number of phenols is 4. The van der Waals surface area contributed by atoms with Gasteiger partial charge in [0.05, 0.1) is 6.10 Å². The highest BCUT2D eigenvalue weighted by atomic mass is 16.7. The van der Waals surface area contributed by atoms with Crippen molar-refractivity contribution in [1.82, 2.24) is 0 Å². The molecule has 12 nitrogen and oxygen atoms in total. The van der Waals surface area contributed by atoms with E-state index in [-0.39, 0.29) is 29.1 Å². The number of aromatic hydroxyl groups is 4. The summed E-state index contributed by atoms with van der Waals surface area (Å²) in [5.74, 6) is -2.87. The second kappa shape index (κ2) is 8.99. The average Bonchev–Trinajstić information content (AvgIpc) is 2.77. The molecule has 0 unspecified atom stereocenters. The SMILES string of the molecule is C[C@@H]1O[C@@H](O[C@H]2C(=O)c3c(O)cc(O)cc3O[C@@H]2c2ccc(O)c(O)c2)[C@H](O)[C@H](O)[C@H]1OC=O. The fourth-order valence-electron chi connectivity index (χ4n) is 4.01. The molecule has 6 N–H and O–H groups in total. The summed E-state index contributed by atoms with van der Waals surface area (Å²) in [6.45, 7) is 1.56. The zero-order chi connectivity index (χ0) is 24.7. The molecule has 12 heteroatoms. The van der Waals surface area contributed by atoms with Crippen molar-refractivity contribution in [1.29, 1.82) is 0 Å². The molecular formula is C22H22O12. The standard InChI is InChI=1S/C22H22O12/c1-8-19(31-7-23)17(29)18(30)22(32-8)34-21-16(28)15-13(27)5-10(24)6-14(15)33-20(21)9-2-3-11(25)12(26)4-9/h2-8,17-22,24-27,29-30H,1H3/t8-,17-,18+,19-,20+,21-,22-/m0/s1. The lowest BCUT2D eigenvalue weighted by Crippen LogP contribution is -2.59. The van der Waals surface area contributed by atoms with Crippen molar-refractivity contribution in [2.24, 2.45) is 0 Å². The quantitative estimate of drug-likeness (QED) is 0.253. The van der Waals surface area contributed by atoms with Gasteiger partial charge in [-0.05, 0) is 24.6 Å². The number of aliphatic hydroxyl groups is 2. The summed E-state index contributed by atoms with van der Waals surface area (Å²) in [5, 5.41) is 60.5. The van der Waals surface area contributed by atoms with Gasteiger partial charge in [0, 0.05) is 12.1 Å². The average molecular weight is 478 g/mol. The Hall–Kier alpha value is -3.58. The molecule has 2 aromatic carbocycles. The van der Waals surface area contributed by atoms with Crippen LogP contribution < -0.4 is 4.74 Å². The Morgan fingerprint density at radius 2 is 1.71 bits per heavy atom. The van der Waals surface area contributed by atoms with Gasteiger partial charge in [-0.25, -0.2) is 0 Å². The fraction of sp³-hybridized carbons (Fsp3) is 0.364. The lowest BCUT2D eigenvalue weighted by atomic mass is 9.92. The van der Waals surface area contributed by atoms with Crippen molar-refractivity contribution >= 4 is 12.3 Å². The molecule has 34 heavy (non-hydrogen) atoms. The third-order valence-corrected chi connectivity index (χ3v) is 5.70. The summed E-state index contributed by atoms with van der Waals surface area (Å²) in [6, 6.07) is 5.67. The normalized spacial score (nSPS) is 30.8. The van der Waals surface area contributed by atoms with Crippen LogP contribution in [0.1, 0.15) is 28.9 Å². The number of ketones is 1. The number of phenolic OH excluding ortho intramolecular Hbond substituents is 4. The van der Waals surface area contributed by atoms with Crippen LogP contribution in [0.4, 0.5) is 0 Å². The van der Waals surface area contributed by atoms with Crippen molar-refractivity contribution < 1.29 is 59.2 Å². The molecule has 2 heterocycles. The Labute approximate surface area is 192 Å². The first-order chi connectivity index (χ1) is 16.1. The van der Waals surface area contributed by atoms with Crippen molar-refractivity contribution in [3.63, 3.8) is 0 Å². The highest BCUT2D eigenvalue weighted by Crippen LogP contribution is 2.44. The summed E-state index contributed by atoms with van der Waals surface area (Å²) in [7, 11) is 0. The van der Waals surface area contributed by atoms with Crippen molar-refractivity contribution in [3.8, 4) is 28.7 Å². The van der Waals surface area contributed by atoms with E-state index in [0.717, 1.165) is 24.3 Å². The molecule has 2 aliphatic rings. The molecule has 0 bridgehead atoms. The summed E-state index contributed by atoms with van der Waals surface area (Å²) < 4.78 is 21.8. The molecule has 0 radical (unpaired) electrons. The van der Waals surface area contributed by atoms with Crippen LogP contribution >= 0.6 is 0 Å². The number of hydrogen-bond donors (Lipinski definition) is 6. The Balaban J connectivity index is 1.72. The van der Waals surface area contributed by atoms with Crippen molar-refractivity contribution in [2.45, 2.75) is 49.8 Å². The molecule has 2 aromatic rings. The number of carbonyl (C=O) groups is 2. The van der Waals surface area contributed by atoms with E-state index >= 15 is 0 Å².